The highest BCUT2D eigenvalue weighted by atomic mass is 15.3. The zero-order valence-electron chi connectivity index (χ0n) is 11.1. The van der Waals surface area contributed by atoms with Gasteiger partial charge in [0.1, 0.15) is 0 Å². The van der Waals surface area contributed by atoms with Gasteiger partial charge in [-0.05, 0) is 50.3 Å². The molecule has 2 fully saturated rings. The molecule has 100 valence electrons. The second-order valence-electron chi connectivity index (χ2n) is 5.89. The molecule has 0 aliphatic carbocycles. The summed E-state index contributed by atoms with van der Waals surface area (Å²) < 4.78 is 1.84. The average Bonchev–Trinajstić information content (AvgIpc) is 2.92. The maximum absolute atomic E-state index is 4.56. The van der Waals surface area contributed by atoms with Gasteiger partial charge in [0, 0.05) is 24.3 Å². The summed E-state index contributed by atoms with van der Waals surface area (Å²) in [6.45, 7) is 2.08. The lowest BCUT2D eigenvalue weighted by Gasteiger charge is -2.29. The second kappa shape index (κ2) is 4.20. The maximum atomic E-state index is 4.56. The molecule has 2 N–H and O–H groups in total. The molecule has 5 nitrogen and oxygen atoms in total. The third kappa shape index (κ3) is 2.08. The topological polar surface area (TPSA) is 54.2 Å². The van der Waals surface area contributed by atoms with E-state index in [1.165, 1.54) is 31.2 Å². The molecule has 2 aromatic heterocycles. The van der Waals surface area contributed by atoms with Crippen molar-refractivity contribution in [3.8, 4) is 0 Å². The van der Waals surface area contributed by atoms with Gasteiger partial charge in [0.2, 0.25) is 5.95 Å². The Morgan fingerprint density at radius 3 is 2.89 bits per heavy atom. The largest absolute Gasteiger partial charge is 0.350 e. The lowest BCUT2D eigenvalue weighted by molar-refractivity contribution is 0.377. The van der Waals surface area contributed by atoms with E-state index in [1.54, 1.807) is 0 Å². The number of aromatic nitrogens is 3. The highest BCUT2D eigenvalue weighted by molar-refractivity contribution is 5.45. The van der Waals surface area contributed by atoms with Gasteiger partial charge in [-0.1, -0.05) is 0 Å². The van der Waals surface area contributed by atoms with E-state index in [0.717, 1.165) is 11.6 Å². The van der Waals surface area contributed by atoms with Crippen molar-refractivity contribution in [2.45, 2.75) is 50.7 Å². The first-order chi connectivity index (χ1) is 9.26. The Kier molecular flexibility index (Phi) is 2.48. The Labute approximate surface area is 112 Å². The average molecular weight is 257 g/mol. The molecule has 2 bridgehead atoms. The number of pyridine rings is 1. The summed E-state index contributed by atoms with van der Waals surface area (Å²) in [4.78, 5) is 4.56. The summed E-state index contributed by atoms with van der Waals surface area (Å²) in [5.74, 6) is 0.761. The first-order valence-electron chi connectivity index (χ1n) is 7.12. The Hall–Kier alpha value is -1.62. The van der Waals surface area contributed by atoms with Crippen molar-refractivity contribution in [1.29, 1.82) is 0 Å². The molecule has 2 unspecified atom stereocenters. The molecule has 0 aromatic carbocycles. The van der Waals surface area contributed by atoms with Crippen LogP contribution in [0.25, 0.3) is 5.65 Å². The fourth-order valence-electron chi connectivity index (χ4n) is 3.40. The van der Waals surface area contributed by atoms with Crippen LogP contribution in [0.15, 0.2) is 18.3 Å². The van der Waals surface area contributed by atoms with Crippen LogP contribution in [-0.2, 0) is 0 Å². The Bertz CT molecular complexity index is 593. The van der Waals surface area contributed by atoms with Crippen LogP contribution in [0.3, 0.4) is 0 Å². The van der Waals surface area contributed by atoms with Crippen molar-refractivity contribution >= 4 is 11.6 Å². The Morgan fingerprint density at radius 2 is 2.11 bits per heavy atom. The van der Waals surface area contributed by atoms with Gasteiger partial charge in [-0.3, -0.25) is 0 Å². The quantitative estimate of drug-likeness (QED) is 0.860. The summed E-state index contributed by atoms with van der Waals surface area (Å²) >= 11 is 0. The highest BCUT2D eigenvalue weighted by Gasteiger charge is 2.33. The zero-order chi connectivity index (χ0) is 12.8. The number of piperidine rings is 1. The fourth-order valence-corrected chi connectivity index (χ4v) is 3.40. The molecule has 2 atom stereocenters. The van der Waals surface area contributed by atoms with Crippen LogP contribution in [0.4, 0.5) is 5.95 Å². The summed E-state index contributed by atoms with van der Waals surface area (Å²) in [5, 5.41) is 11.7. The van der Waals surface area contributed by atoms with Crippen LogP contribution in [0.5, 0.6) is 0 Å². The van der Waals surface area contributed by atoms with Crippen molar-refractivity contribution in [2.75, 3.05) is 5.32 Å². The lowest BCUT2D eigenvalue weighted by Crippen LogP contribution is -2.43. The fraction of sp³-hybridized carbons (Fsp3) is 0.571. The van der Waals surface area contributed by atoms with Gasteiger partial charge in [-0.2, -0.15) is 4.98 Å². The van der Waals surface area contributed by atoms with Crippen molar-refractivity contribution in [3.05, 3.63) is 23.9 Å². The van der Waals surface area contributed by atoms with Crippen LogP contribution in [-0.4, -0.2) is 32.7 Å². The summed E-state index contributed by atoms with van der Waals surface area (Å²) in [7, 11) is 0. The minimum atomic E-state index is 0.511. The molecule has 2 aliphatic rings. The van der Waals surface area contributed by atoms with E-state index in [1.807, 2.05) is 10.7 Å². The zero-order valence-corrected chi connectivity index (χ0v) is 11.1. The molecule has 0 amide bonds. The van der Waals surface area contributed by atoms with Gasteiger partial charge < -0.3 is 10.6 Å². The van der Waals surface area contributed by atoms with Crippen molar-refractivity contribution < 1.29 is 0 Å². The molecular formula is C14H19N5. The minimum absolute atomic E-state index is 0.511. The van der Waals surface area contributed by atoms with Gasteiger partial charge in [-0.25, -0.2) is 4.52 Å². The smallest absolute Gasteiger partial charge is 0.243 e. The van der Waals surface area contributed by atoms with Crippen molar-refractivity contribution in [2.24, 2.45) is 0 Å². The van der Waals surface area contributed by atoms with E-state index in [-0.39, 0.29) is 0 Å². The maximum Gasteiger partial charge on any atom is 0.243 e. The number of hydrogen-bond acceptors (Lipinski definition) is 4. The van der Waals surface area contributed by atoms with Gasteiger partial charge in [0.15, 0.2) is 5.65 Å². The number of nitrogens with zero attached hydrogens (tertiary/aromatic N) is 3. The van der Waals surface area contributed by atoms with E-state index in [0.29, 0.717) is 18.1 Å². The van der Waals surface area contributed by atoms with E-state index in [9.17, 15) is 0 Å². The molecule has 2 saturated heterocycles. The van der Waals surface area contributed by atoms with Gasteiger partial charge in [-0.15, -0.1) is 5.10 Å². The van der Waals surface area contributed by atoms with Crippen molar-refractivity contribution in [1.82, 2.24) is 19.9 Å². The Morgan fingerprint density at radius 1 is 1.32 bits per heavy atom. The summed E-state index contributed by atoms with van der Waals surface area (Å²) in [5.41, 5.74) is 2.13. The Balaban J connectivity index is 1.54. The number of anilines is 1. The van der Waals surface area contributed by atoms with E-state index >= 15 is 0 Å². The van der Waals surface area contributed by atoms with Gasteiger partial charge in [0.05, 0.1) is 0 Å². The molecule has 2 aliphatic heterocycles. The minimum Gasteiger partial charge on any atom is -0.350 e. The molecule has 4 rings (SSSR count). The van der Waals surface area contributed by atoms with Crippen molar-refractivity contribution in [3.63, 3.8) is 0 Å². The highest BCUT2D eigenvalue weighted by Crippen LogP contribution is 2.28. The van der Waals surface area contributed by atoms with Crippen LogP contribution in [0.1, 0.15) is 31.2 Å². The summed E-state index contributed by atoms with van der Waals surface area (Å²) in [6, 6.07) is 6.00. The molecule has 0 spiro atoms. The number of rotatable bonds is 2. The predicted molar refractivity (Wildman–Crippen MR) is 74.3 cm³/mol. The third-order valence-electron chi connectivity index (χ3n) is 4.30. The van der Waals surface area contributed by atoms with E-state index < -0.39 is 0 Å². The first kappa shape index (κ1) is 11.2. The first-order valence-corrected chi connectivity index (χ1v) is 7.12. The van der Waals surface area contributed by atoms with E-state index in [4.69, 9.17) is 0 Å². The second-order valence-corrected chi connectivity index (χ2v) is 5.89. The summed E-state index contributed by atoms with van der Waals surface area (Å²) in [6.07, 6.45) is 6.98. The predicted octanol–water partition coefficient (Wildman–Crippen LogP) is 1.73. The molecule has 19 heavy (non-hydrogen) atoms. The molecule has 2 aromatic rings. The molecule has 4 heterocycles. The van der Waals surface area contributed by atoms with Crippen LogP contribution >= 0.6 is 0 Å². The van der Waals surface area contributed by atoms with Gasteiger partial charge in [0.25, 0.3) is 0 Å². The van der Waals surface area contributed by atoms with Crippen LogP contribution < -0.4 is 10.6 Å². The monoisotopic (exact) mass is 257 g/mol. The van der Waals surface area contributed by atoms with E-state index in [2.05, 4.69) is 39.8 Å². The van der Waals surface area contributed by atoms with Crippen LogP contribution in [0.2, 0.25) is 0 Å². The standard InChI is InChI=1S/C14H19N5/c1-9-4-5-19-13(6-9)17-14(18-19)16-12-7-10-2-3-11(8-12)15-10/h4-6,10-12,15H,2-3,7-8H2,1H3,(H,16,18). The third-order valence-corrected chi connectivity index (χ3v) is 4.30. The van der Waals surface area contributed by atoms with Crippen LogP contribution in [0, 0.1) is 6.92 Å². The lowest BCUT2D eigenvalue weighted by atomic mass is 10.0. The SMILES string of the molecule is Cc1ccn2nc(NC3CC4CCC(C3)N4)nc2c1. The number of hydrogen-bond donors (Lipinski definition) is 2. The number of aryl methyl sites for hydroxylation is 1. The number of nitrogens with one attached hydrogen (secondary N) is 2. The number of fused-ring (bicyclic) bond motifs is 3. The molecular weight excluding hydrogens is 238 g/mol. The normalized spacial score (nSPS) is 29.8. The molecule has 0 radical (unpaired) electrons. The molecule has 5 heteroatoms. The molecule has 0 saturated carbocycles. The van der Waals surface area contributed by atoms with Gasteiger partial charge >= 0.3 is 0 Å².